The van der Waals surface area contributed by atoms with Gasteiger partial charge in [0.25, 0.3) is 0 Å². The Labute approximate surface area is 253 Å². The summed E-state index contributed by atoms with van der Waals surface area (Å²) in [6.07, 6.45) is 1.80. The molecule has 0 aliphatic carbocycles. The van der Waals surface area contributed by atoms with Gasteiger partial charge in [-0.25, -0.2) is 4.79 Å². The number of likely N-dealkylation sites (N-methyl/N-ethyl adjacent to an activating group) is 1. The molecule has 1 N–H and O–H groups in total. The molecule has 0 saturated carbocycles. The predicted molar refractivity (Wildman–Crippen MR) is 172 cm³/mol. The zero-order valence-electron chi connectivity index (χ0n) is 26.3. The first-order chi connectivity index (χ1) is 20.4. The lowest BCUT2D eigenvalue weighted by atomic mass is 9.98. The van der Waals surface area contributed by atoms with Gasteiger partial charge in [0.1, 0.15) is 16.9 Å². The van der Waals surface area contributed by atoms with Crippen molar-refractivity contribution in [1.82, 2.24) is 14.8 Å². The first-order valence-electron chi connectivity index (χ1n) is 14.9. The topological polar surface area (TPSA) is 87.9 Å². The van der Waals surface area contributed by atoms with Gasteiger partial charge < -0.3 is 19.4 Å². The van der Waals surface area contributed by atoms with E-state index in [4.69, 9.17) is 14.1 Å². The third kappa shape index (κ3) is 6.98. The van der Waals surface area contributed by atoms with E-state index >= 15 is 0 Å². The Balaban J connectivity index is 1.47. The monoisotopic (exact) mass is 582 g/mol. The minimum absolute atomic E-state index is 0.0657. The summed E-state index contributed by atoms with van der Waals surface area (Å²) in [6.45, 7) is 16.3. The number of benzene rings is 2. The van der Waals surface area contributed by atoms with Crippen LogP contribution in [-0.4, -0.2) is 59.6 Å². The Morgan fingerprint density at radius 3 is 2.47 bits per heavy atom. The summed E-state index contributed by atoms with van der Waals surface area (Å²) in [7, 11) is 2.15. The summed E-state index contributed by atoms with van der Waals surface area (Å²) in [4.78, 5) is 36.1. The molecule has 2 aromatic heterocycles. The molecule has 226 valence electrons. The number of aryl methyl sites for hydroxylation is 1. The van der Waals surface area contributed by atoms with Crippen molar-refractivity contribution in [2.45, 2.75) is 59.7 Å². The molecule has 1 saturated heterocycles. The molecular formula is C35H42N4O4. The summed E-state index contributed by atoms with van der Waals surface area (Å²) in [5, 5.41) is 4.00. The second-order valence-corrected chi connectivity index (χ2v) is 12.6. The molecule has 5 rings (SSSR count). The van der Waals surface area contributed by atoms with Crippen LogP contribution in [0.2, 0.25) is 0 Å². The second kappa shape index (κ2) is 12.3. The predicted octanol–water partition coefficient (Wildman–Crippen LogP) is 6.35. The van der Waals surface area contributed by atoms with Crippen molar-refractivity contribution >= 4 is 22.6 Å². The van der Waals surface area contributed by atoms with Crippen molar-refractivity contribution in [3.05, 3.63) is 92.9 Å². The average Bonchev–Trinajstić information content (AvgIpc) is 2.96. The van der Waals surface area contributed by atoms with E-state index in [2.05, 4.69) is 22.2 Å². The SMILES string of the molecule is Cc1cc([C@@H](C)Nc2ccccc2C(=O)OC(C)(C)C)c2oc(-c3ccc(CN4CCN(C)CC4)nc3)c(C)c(=O)c2c1. The Morgan fingerprint density at radius 2 is 1.79 bits per heavy atom. The number of aromatic nitrogens is 1. The van der Waals surface area contributed by atoms with E-state index in [1.165, 1.54) is 0 Å². The number of anilines is 1. The zero-order valence-corrected chi connectivity index (χ0v) is 26.3. The number of fused-ring (bicyclic) bond motifs is 1. The summed E-state index contributed by atoms with van der Waals surface area (Å²) in [6, 6.07) is 14.9. The highest BCUT2D eigenvalue weighted by molar-refractivity contribution is 5.96. The molecule has 0 amide bonds. The van der Waals surface area contributed by atoms with Crippen molar-refractivity contribution in [1.29, 1.82) is 0 Å². The number of hydrogen-bond donors (Lipinski definition) is 1. The van der Waals surface area contributed by atoms with Crippen LogP contribution >= 0.6 is 0 Å². The van der Waals surface area contributed by atoms with Gasteiger partial charge in [-0.1, -0.05) is 18.2 Å². The number of nitrogens with zero attached hydrogens (tertiary/aromatic N) is 3. The smallest absolute Gasteiger partial charge is 0.340 e. The van der Waals surface area contributed by atoms with E-state index in [0.717, 1.165) is 55.1 Å². The molecule has 2 aromatic carbocycles. The molecule has 0 bridgehead atoms. The quantitative estimate of drug-likeness (QED) is 0.252. The highest BCUT2D eigenvalue weighted by Gasteiger charge is 2.23. The number of esters is 1. The average molecular weight is 583 g/mol. The van der Waals surface area contributed by atoms with Crippen LogP contribution < -0.4 is 10.7 Å². The van der Waals surface area contributed by atoms with E-state index in [9.17, 15) is 9.59 Å². The first kappa shape index (κ1) is 30.4. The lowest BCUT2D eigenvalue weighted by molar-refractivity contribution is 0.00706. The summed E-state index contributed by atoms with van der Waals surface area (Å²) >= 11 is 0. The number of ether oxygens (including phenoxy) is 1. The summed E-state index contributed by atoms with van der Waals surface area (Å²) in [5.41, 5.74) is 5.02. The number of rotatable bonds is 7. The molecule has 4 aromatic rings. The molecule has 1 aliphatic heterocycles. The normalized spacial score (nSPS) is 15.4. The van der Waals surface area contributed by atoms with Gasteiger partial charge in [0, 0.05) is 61.3 Å². The largest absolute Gasteiger partial charge is 0.456 e. The highest BCUT2D eigenvalue weighted by atomic mass is 16.6. The molecule has 0 unspecified atom stereocenters. The molecule has 8 heteroatoms. The lowest BCUT2D eigenvalue weighted by Gasteiger charge is -2.32. The van der Waals surface area contributed by atoms with Gasteiger partial charge in [-0.05, 0) is 84.5 Å². The van der Waals surface area contributed by atoms with E-state index in [0.29, 0.717) is 33.5 Å². The van der Waals surface area contributed by atoms with E-state index in [1.807, 2.05) is 77.1 Å². The van der Waals surface area contributed by atoms with Gasteiger partial charge in [-0.15, -0.1) is 0 Å². The molecule has 1 aliphatic rings. The summed E-state index contributed by atoms with van der Waals surface area (Å²) < 4.78 is 12.2. The maximum absolute atomic E-state index is 13.7. The Bertz CT molecular complexity index is 1680. The van der Waals surface area contributed by atoms with Crippen molar-refractivity contribution < 1.29 is 13.9 Å². The molecular weight excluding hydrogens is 540 g/mol. The van der Waals surface area contributed by atoms with E-state index in [-0.39, 0.29) is 11.5 Å². The fourth-order valence-electron chi connectivity index (χ4n) is 5.48. The Hall–Kier alpha value is -4.01. The number of piperazine rings is 1. The lowest BCUT2D eigenvalue weighted by Crippen LogP contribution is -2.43. The highest BCUT2D eigenvalue weighted by Crippen LogP contribution is 2.33. The number of hydrogen-bond acceptors (Lipinski definition) is 8. The van der Waals surface area contributed by atoms with Crippen molar-refractivity contribution in [3.8, 4) is 11.3 Å². The number of carbonyl (C=O) groups is 1. The van der Waals surface area contributed by atoms with Gasteiger partial charge in [0.15, 0.2) is 5.43 Å². The third-order valence-electron chi connectivity index (χ3n) is 7.84. The number of carbonyl (C=O) groups excluding carboxylic acids is 1. The third-order valence-corrected chi connectivity index (χ3v) is 7.84. The van der Waals surface area contributed by atoms with Gasteiger partial charge in [0.05, 0.1) is 22.7 Å². The van der Waals surface area contributed by atoms with Crippen LogP contribution in [0.4, 0.5) is 5.69 Å². The number of nitrogens with one attached hydrogen (secondary N) is 1. The van der Waals surface area contributed by atoms with Crippen molar-refractivity contribution in [2.24, 2.45) is 0 Å². The molecule has 1 fully saturated rings. The fraction of sp³-hybridized carbons (Fsp3) is 0.400. The molecule has 0 radical (unpaired) electrons. The minimum Gasteiger partial charge on any atom is -0.456 e. The molecule has 1 atom stereocenters. The number of para-hydroxylation sites is 1. The second-order valence-electron chi connectivity index (χ2n) is 12.6. The first-order valence-corrected chi connectivity index (χ1v) is 14.9. The maximum Gasteiger partial charge on any atom is 0.340 e. The molecule has 0 spiro atoms. The van der Waals surface area contributed by atoms with E-state index in [1.54, 1.807) is 19.2 Å². The van der Waals surface area contributed by atoms with Crippen LogP contribution in [0, 0.1) is 13.8 Å². The van der Waals surface area contributed by atoms with Crippen LogP contribution in [0.1, 0.15) is 66.5 Å². The van der Waals surface area contributed by atoms with Crippen LogP contribution in [0.3, 0.4) is 0 Å². The van der Waals surface area contributed by atoms with Crippen molar-refractivity contribution in [3.63, 3.8) is 0 Å². The number of pyridine rings is 1. The van der Waals surface area contributed by atoms with Gasteiger partial charge in [-0.3, -0.25) is 14.7 Å². The molecule has 3 heterocycles. The van der Waals surface area contributed by atoms with Crippen LogP contribution in [0.25, 0.3) is 22.3 Å². The zero-order chi connectivity index (χ0) is 30.9. The van der Waals surface area contributed by atoms with Gasteiger partial charge in [-0.2, -0.15) is 0 Å². The van der Waals surface area contributed by atoms with E-state index < -0.39 is 11.6 Å². The Kier molecular flexibility index (Phi) is 8.71. The maximum atomic E-state index is 13.7. The van der Waals surface area contributed by atoms with Crippen LogP contribution in [0.5, 0.6) is 0 Å². The van der Waals surface area contributed by atoms with Gasteiger partial charge in [0.2, 0.25) is 0 Å². The minimum atomic E-state index is -0.613. The molecule has 43 heavy (non-hydrogen) atoms. The molecule has 8 nitrogen and oxygen atoms in total. The Morgan fingerprint density at radius 1 is 1.07 bits per heavy atom. The standard InChI is InChI=1S/C35H42N4O4/c1-22-18-28(24(3)37-30-11-9-8-10-27(30)34(41)43-35(4,5)6)33-29(19-22)31(40)23(2)32(42-33)25-12-13-26(36-20-25)21-39-16-14-38(7)15-17-39/h8-13,18-20,24,37H,14-17,21H2,1-7H3/t24-/m1/s1. The van der Waals surface area contributed by atoms with Crippen LogP contribution in [-0.2, 0) is 11.3 Å². The van der Waals surface area contributed by atoms with Gasteiger partial charge >= 0.3 is 5.97 Å². The van der Waals surface area contributed by atoms with Crippen molar-refractivity contribution in [2.75, 3.05) is 38.5 Å². The fourth-order valence-corrected chi connectivity index (χ4v) is 5.48. The van der Waals surface area contributed by atoms with Crippen LogP contribution in [0.15, 0.2) is 63.9 Å². The summed E-state index contributed by atoms with van der Waals surface area (Å²) in [5.74, 6) is 0.118.